The second-order valence-electron chi connectivity index (χ2n) is 3.08. The van der Waals surface area contributed by atoms with Crippen LogP contribution in [0, 0.1) is 0 Å². The normalized spacial score (nSPS) is 18.0. The van der Waals surface area contributed by atoms with Crippen LogP contribution >= 0.6 is 0 Å². The van der Waals surface area contributed by atoms with Crippen LogP contribution in [0.4, 0.5) is 0 Å². The van der Waals surface area contributed by atoms with Gasteiger partial charge in [-0.05, 0) is 0 Å². The first-order chi connectivity index (χ1) is 4.67. The summed E-state index contributed by atoms with van der Waals surface area (Å²) in [5, 5.41) is 3.29. The molecule has 1 N–H and O–H groups in total. The Morgan fingerprint density at radius 2 is 2.40 bits per heavy atom. The third-order valence-corrected chi connectivity index (χ3v) is 4.37. The first kappa shape index (κ1) is 7.53. The monoisotopic (exact) mass is 154 g/mol. The maximum atomic E-state index is 4.37. The molecule has 10 heavy (non-hydrogen) atoms. The van der Waals surface area contributed by atoms with Gasteiger partial charge in [0.05, 0.1) is 12.0 Å². The van der Waals surface area contributed by atoms with Gasteiger partial charge >= 0.3 is 0 Å². The molecule has 1 rings (SSSR count). The Labute approximate surface area is 63.1 Å². The minimum Gasteiger partial charge on any atom is -0.376 e. The van der Waals surface area contributed by atoms with Crippen LogP contribution in [-0.4, -0.2) is 26.6 Å². The molecule has 0 saturated heterocycles. The van der Waals surface area contributed by atoms with Crippen molar-refractivity contribution < 1.29 is 0 Å². The number of hydrogen-bond acceptors (Lipinski definition) is 2. The predicted molar refractivity (Wildman–Crippen MR) is 48.0 cm³/mol. The van der Waals surface area contributed by atoms with E-state index in [2.05, 4.69) is 35.7 Å². The molecule has 0 fully saturated rings. The Morgan fingerprint density at radius 1 is 1.70 bits per heavy atom. The zero-order valence-electron chi connectivity index (χ0n) is 6.65. The quantitative estimate of drug-likeness (QED) is 0.589. The lowest BCUT2D eigenvalue weighted by Gasteiger charge is -2.16. The number of rotatable bonds is 2. The van der Waals surface area contributed by atoms with Crippen molar-refractivity contribution in [3.8, 4) is 0 Å². The average molecular weight is 154 g/mol. The topological polar surface area (TPSA) is 24.4 Å². The molecule has 0 amide bonds. The maximum Gasteiger partial charge on any atom is 0.147 e. The van der Waals surface area contributed by atoms with E-state index in [1.807, 2.05) is 0 Å². The summed E-state index contributed by atoms with van der Waals surface area (Å²) in [7, 11) is -1.34. The van der Waals surface area contributed by atoms with E-state index in [-0.39, 0.29) is 0 Å². The number of aliphatic imine (C=N–C) groups is 1. The molecule has 0 saturated carbocycles. The number of hydrogen-bond donors (Lipinski definition) is 1. The SMILES string of the molecule is C=C[Si](C)(C)C1=NCCN1. The summed E-state index contributed by atoms with van der Waals surface area (Å²) >= 11 is 0. The third kappa shape index (κ3) is 1.29. The molecule has 0 atom stereocenters. The lowest BCUT2D eigenvalue weighted by Crippen LogP contribution is -2.42. The van der Waals surface area contributed by atoms with Gasteiger partial charge in [-0.3, -0.25) is 4.99 Å². The summed E-state index contributed by atoms with van der Waals surface area (Å²) in [6, 6.07) is 0. The van der Waals surface area contributed by atoms with Crippen molar-refractivity contribution in [3.05, 3.63) is 12.3 Å². The first-order valence-electron chi connectivity index (χ1n) is 3.59. The molecular weight excluding hydrogens is 140 g/mol. The van der Waals surface area contributed by atoms with E-state index >= 15 is 0 Å². The second-order valence-corrected chi connectivity index (χ2v) is 7.41. The molecule has 1 aliphatic rings. The van der Waals surface area contributed by atoms with Crippen LogP contribution in [-0.2, 0) is 0 Å². The number of nitrogens with zero attached hydrogens (tertiary/aromatic N) is 1. The van der Waals surface area contributed by atoms with Crippen molar-refractivity contribution >= 4 is 13.5 Å². The summed E-state index contributed by atoms with van der Waals surface area (Å²) in [5.74, 6) is 0. The van der Waals surface area contributed by atoms with E-state index in [1.54, 1.807) is 0 Å². The van der Waals surface area contributed by atoms with E-state index in [1.165, 1.54) is 5.46 Å². The summed E-state index contributed by atoms with van der Waals surface area (Å²) in [6.45, 7) is 10.3. The van der Waals surface area contributed by atoms with Crippen LogP contribution in [0.25, 0.3) is 0 Å². The van der Waals surface area contributed by atoms with E-state index in [0.717, 1.165) is 13.1 Å². The zero-order chi connectivity index (χ0) is 7.61. The van der Waals surface area contributed by atoms with Crippen molar-refractivity contribution in [2.24, 2.45) is 4.99 Å². The highest BCUT2D eigenvalue weighted by Crippen LogP contribution is 2.06. The maximum absolute atomic E-state index is 4.37. The highest BCUT2D eigenvalue weighted by atomic mass is 28.3. The van der Waals surface area contributed by atoms with E-state index in [9.17, 15) is 0 Å². The molecule has 0 radical (unpaired) electrons. The Bertz CT molecular complexity index is 172. The van der Waals surface area contributed by atoms with Crippen molar-refractivity contribution in [1.29, 1.82) is 0 Å². The van der Waals surface area contributed by atoms with Crippen LogP contribution < -0.4 is 5.32 Å². The molecule has 0 aromatic heterocycles. The summed E-state index contributed by atoms with van der Waals surface area (Å²) in [5.41, 5.74) is 3.27. The molecule has 0 aliphatic carbocycles. The highest BCUT2D eigenvalue weighted by Gasteiger charge is 2.25. The van der Waals surface area contributed by atoms with Gasteiger partial charge < -0.3 is 5.32 Å². The van der Waals surface area contributed by atoms with E-state index in [0.29, 0.717) is 0 Å². The van der Waals surface area contributed by atoms with Gasteiger partial charge in [-0.1, -0.05) is 18.8 Å². The van der Waals surface area contributed by atoms with Crippen LogP contribution in [0.15, 0.2) is 17.3 Å². The average Bonchev–Trinajstić information content (AvgIpc) is 2.38. The fourth-order valence-corrected chi connectivity index (χ4v) is 2.22. The van der Waals surface area contributed by atoms with Crippen LogP contribution in [0.1, 0.15) is 0 Å². The predicted octanol–water partition coefficient (Wildman–Crippen LogP) is 0.961. The molecule has 1 heterocycles. The Morgan fingerprint density at radius 3 is 2.80 bits per heavy atom. The van der Waals surface area contributed by atoms with Crippen molar-refractivity contribution in [2.45, 2.75) is 13.1 Å². The molecule has 0 bridgehead atoms. The van der Waals surface area contributed by atoms with Gasteiger partial charge in [0, 0.05) is 6.54 Å². The fourth-order valence-electron chi connectivity index (χ4n) is 0.926. The lowest BCUT2D eigenvalue weighted by molar-refractivity contribution is 0.962. The molecule has 0 aromatic rings. The standard InChI is InChI=1S/C7H14N2Si/c1-4-10(2,3)7-8-5-6-9-7/h4H,1,5-6H2,2-3H3,(H,8,9). The molecule has 0 unspecified atom stereocenters. The third-order valence-electron chi connectivity index (χ3n) is 1.79. The first-order valence-corrected chi connectivity index (χ1v) is 6.67. The summed E-state index contributed by atoms with van der Waals surface area (Å²) in [6.07, 6.45) is 0. The van der Waals surface area contributed by atoms with Gasteiger partial charge in [-0.15, -0.1) is 6.58 Å². The van der Waals surface area contributed by atoms with Crippen LogP contribution in [0.3, 0.4) is 0 Å². The summed E-state index contributed by atoms with van der Waals surface area (Å²) < 4.78 is 0. The molecule has 0 spiro atoms. The van der Waals surface area contributed by atoms with Gasteiger partial charge in [-0.25, -0.2) is 0 Å². The number of amidine groups is 1. The largest absolute Gasteiger partial charge is 0.376 e. The Kier molecular flexibility index (Phi) is 1.94. The molecular formula is C7H14N2Si. The molecule has 0 aromatic carbocycles. The fraction of sp³-hybridized carbons (Fsp3) is 0.571. The van der Waals surface area contributed by atoms with Crippen LogP contribution in [0.2, 0.25) is 13.1 Å². The van der Waals surface area contributed by atoms with E-state index < -0.39 is 8.07 Å². The second kappa shape index (κ2) is 2.58. The molecule has 2 nitrogen and oxygen atoms in total. The number of nitrogens with one attached hydrogen (secondary N) is 1. The van der Waals surface area contributed by atoms with E-state index in [4.69, 9.17) is 0 Å². The van der Waals surface area contributed by atoms with Crippen molar-refractivity contribution in [3.63, 3.8) is 0 Å². The van der Waals surface area contributed by atoms with Gasteiger partial charge in [-0.2, -0.15) is 0 Å². The smallest absolute Gasteiger partial charge is 0.147 e. The van der Waals surface area contributed by atoms with Crippen LogP contribution in [0.5, 0.6) is 0 Å². The van der Waals surface area contributed by atoms with Crippen molar-refractivity contribution in [2.75, 3.05) is 13.1 Å². The minimum absolute atomic E-state index is 0.944. The zero-order valence-corrected chi connectivity index (χ0v) is 7.65. The molecule has 1 aliphatic heterocycles. The Balaban J connectivity index is 2.71. The van der Waals surface area contributed by atoms with Gasteiger partial charge in [0.1, 0.15) is 8.07 Å². The van der Waals surface area contributed by atoms with Crippen molar-refractivity contribution in [1.82, 2.24) is 5.32 Å². The summed E-state index contributed by atoms with van der Waals surface area (Å²) in [4.78, 5) is 4.37. The van der Waals surface area contributed by atoms with Gasteiger partial charge in [0.25, 0.3) is 0 Å². The minimum atomic E-state index is -1.34. The molecule has 56 valence electrons. The van der Waals surface area contributed by atoms with Gasteiger partial charge in [0.15, 0.2) is 0 Å². The highest BCUT2D eigenvalue weighted by molar-refractivity contribution is 7.08. The molecule has 3 heteroatoms. The van der Waals surface area contributed by atoms with Gasteiger partial charge in [0.2, 0.25) is 0 Å². The Hall–Kier alpha value is -0.573. The lowest BCUT2D eigenvalue weighted by atomic mass is 10.7.